The van der Waals surface area contributed by atoms with Gasteiger partial charge in [0.05, 0.1) is 23.7 Å². The lowest BCUT2D eigenvalue weighted by atomic mass is 9.98. The number of rotatable bonds is 6. The molecule has 2 aromatic heterocycles. The van der Waals surface area contributed by atoms with Gasteiger partial charge in [-0.1, -0.05) is 24.3 Å². The molecular formula is C24H26N4O3. The first-order chi connectivity index (χ1) is 14.9. The van der Waals surface area contributed by atoms with Crippen LogP contribution in [0.25, 0.3) is 10.9 Å². The van der Waals surface area contributed by atoms with Crippen molar-refractivity contribution in [1.29, 1.82) is 0 Å². The highest BCUT2D eigenvalue weighted by Gasteiger charge is 2.35. The first kappa shape index (κ1) is 20.8. The summed E-state index contributed by atoms with van der Waals surface area (Å²) in [7, 11) is 0. The Bertz CT molecular complexity index is 1190. The molecule has 2 amide bonds. The molecule has 1 aromatic carbocycles. The van der Waals surface area contributed by atoms with E-state index in [1.165, 1.54) is 0 Å². The number of fused-ring (bicyclic) bond motifs is 1. The summed E-state index contributed by atoms with van der Waals surface area (Å²) in [6.07, 6.45) is 1.94. The molecule has 0 bridgehead atoms. The molecule has 0 saturated carbocycles. The summed E-state index contributed by atoms with van der Waals surface area (Å²) < 4.78 is 1.65. The molecule has 1 aliphatic rings. The maximum absolute atomic E-state index is 12.6. The van der Waals surface area contributed by atoms with E-state index in [9.17, 15) is 14.4 Å². The van der Waals surface area contributed by atoms with Crippen molar-refractivity contribution >= 4 is 22.7 Å². The molecular weight excluding hydrogens is 392 g/mol. The summed E-state index contributed by atoms with van der Waals surface area (Å²) in [6.45, 7) is 5.41. The lowest BCUT2D eigenvalue weighted by Crippen LogP contribution is -2.55. The van der Waals surface area contributed by atoms with Crippen LogP contribution in [-0.4, -0.2) is 39.4 Å². The number of nitrogens with one attached hydrogen (secondary N) is 1. The summed E-state index contributed by atoms with van der Waals surface area (Å²) in [5.41, 5.74) is 3.55. The third-order valence-corrected chi connectivity index (χ3v) is 5.93. The molecule has 0 atom stereocenters. The molecule has 4 rings (SSSR count). The smallest absolute Gasteiger partial charge is 0.251 e. The van der Waals surface area contributed by atoms with Crippen LogP contribution in [0, 0.1) is 19.8 Å². The van der Waals surface area contributed by atoms with Gasteiger partial charge in [-0.2, -0.15) is 0 Å². The molecule has 7 nitrogen and oxygen atoms in total. The van der Waals surface area contributed by atoms with Gasteiger partial charge in [0.25, 0.3) is 5.56 Å². The van der Waals surface area contributed by atoms with E-state index >= 15 is 0 Å². The van der Waals surface area contributed by atoms with Crippen molar-refractivity contribution in [3.05, 3.63) is 75.8 Å². The van der Waals surface area contributed by atoms with Crippen molar-refractivity contribution in [3.63, 3.8) is 0 Å². The normalized spacial score (nSPS) is 13.8. The van der Waals surface area contributed by atoms with Crippen LogP contribution in [0.15, 0.2) is 53.5 Å². The number of hydrogen-bond donors (Lipinski definition) is 1. The van der Waals surface area contributed by atoms with E-state index in [1.807, 2.05) is 50.2 Å². The third kappa shape index (κ3) is 4.35. The molecule has 1 aliphatic heterocycles. The van der Waals surface area contributed by atoms with E-state index in [-0.39, 0.29) is 29.7 Å². The number of likely N-dealkylation sites (tertiary alicyclic amines) is 1. The summed E-state index contributed by atoms with van der Waals surface area (Å²) >= 11 is 0. The number of benzene rings is 1. The van der Waals surface area contributed by atoms with Gasteiger partial charge in [0.1, 0.15) is 0 Å². The highest BCUT2D eigenvalue weighted by molar-refractivity contribution is 5.85. The average molecular weight is 418 g/mol. The van der Waals surface area contributed by atoms with Crippen LogP contribution in [0.1, 0.15) is 23.2 Å². The average Bonchev–Trinajstić information content (AvgIpc) is 2.72. The van der Waals surface area contributed by atoms with Crippen molar-refractivity contribution in [2.24, 2.45) is 5.92 Å². The Morgan fingerprint density at radius 1 is 1.10 bits per heavy atom. The molecule has 31 heavy (non-hydrogen) atoms. The number of para-hydroxylation sites is 1. The lowest BCUT2D eigenvalue weighted by molar-refractivity contribution is -0.143. The zero-order chi connectivity index (χ0) is 22.0. The zero-order valence-electron chi connectivity index (χ0n) is 17.8. The van der Waals surface area contributed by atoms with Gasteiger partial charge in [-0.15, -0.1) is 0 Å². The van der Waals surface area contributed by atoms with E-state index in [2.05, 4.69) is 10.3 Å². The van der Waals surface area contributed by atoms with Gasteiger partial charge < -0.3 is 14.8 Å². The largest absolute Gasteiger partial charge is 0.350 e. The second kappa shape index (κ2) is 8.71. The van der Waals surface area contributed by atoms with Gasteiger partial charge in [0.15, 0.2) is 0 Å². The second-order valence-corrected chi connectivity index (χ2v) is 8.06. The molecule has 0 radical (unpaired) electrons. The van der Waals surface area contributed by atoms with Crippen LogP contribution in [0.5, 0.6) is 0 Å². The maximum Gasteiger partial charge on any atom is 0.251 e. The van der Waals surface area contributed by atoms with E-state index in [0.717, 1.165) is 27.7 Å². The van der Waals surface area contributed by atoms with Crippen molar-refractivity contribution in [2.45, 2.75) is 33.4 Å². The number of pyridine rings is 2. The molecule has 3 aromatic rings. The van der Waals surface area contributed by atoms with Crippen molar-refractivity contribution < 1.29 is 9.59 Å². The van der Waals surface area contributed by atoms with Crippen LogP contribution in [0.4, 0.5) is 0 Å². The van der Waals surface area contributed by atoms with Crippen molar-refractivity contribution in [1.82, 2.24) is 19.8 Å². The van der Waals surface area contributed by atoms with Gasteiger partial charge in [0.2, 0.25) is 11.8 Å². The Morgan fingerprint density at radius 3 is 2.65 bits per heavy atom. The monoisotopic (exact) mass is 418 g/mol. The minimum absolute atomic E-state index is 0.0406. The first-order valence-corrected chi connectivity index (χ1v) is 10.5. The van der Waals surface area contributed by atoms with Gasteiger partial charge in [0, 0.05) is 43.7 Å². The zero-order valence-corrected chi connectivity index (χ0v) is 17.8. The molecule has 1 N–H and O–H groups in total. The lowest BCUT2D eigenvalue weighted by Gasteiger charge is -2.38. The second-order valence-electron chi connectivity index (χ2n) is 8.06. The standard InChI is InChI=1S/C24H26N4O3/c1-16-6-5-10-25-20(16)13-26-24(31)18-14-27(15-18)22(29)9-11-28-21-8-4-3-7-19(21)17(2)12-23(28)30/h3-8,10,12,18H,9,11,13-15H2,1-2H3,(H,26,31). The highest BCUT2D eigenvalue weighted by atomic mass is 16.2. The Morgan fingerprint density at radius 2 is 1.87 bits per heavy atom. The van der Waals surface area contributed by atoms with Crippen LogP contribution >= 0.6 is 0 Å². The summed E-state index contributed by atoms with van der Waals surface area (Å²) in [6, 6.07) is 13.2. The van der Waals surface area contributed by atoms with E-state index < -0.39 is 0 Å². The third-order valence-electron chi connectivity index (χ3n) is 5.93. The quantitative estimate of drug-likeness (QED) is 0.665. The summed E-state index contributed by atoms with van der Waals surface area (Å²) in [5.74, 6) is -0.299. The number of nitrogens with zero attached hydrogens (tertiary/aromatic N) is 3. The Hall–Kier alpha value is -3.48. The Balaban J connectivity index is 1.30. The predicted molar refractivity (Wildman–Crippen MR) is 118 cm³/mol. The van der Waals surface area contributed by atoms with E-state index in [4.69, 9.17) is 0 Å². The number of aromatic nitrogens is 2. The number of aryl methyl sites for hydroxylation is 3. The van der Waals surface area contributed by atoms with Crippen molar-refractivity contribution in [3.8, 4) is 0 Å². The maximum atomic E-state index is 12.6. The fourth-order valence-corrected chi connectivity index (χ4v) is 3.96. The highest BCUT2D eigenvalue weighted by Crippen LogP contribution is 2.19. The SMILES string of the molecule is Cc1cccnc1CNC(=O)C1CN(C(=O)CCn2c(=O)cc(C)c3ccccc32)C1. The van der Waals surface area contributed by atoms with E-state index in [0.29, 0.717) is 26.2 Å². The molecule has 1 saturated heterocycles. The number of carbonyl (C=O) groups is 2. The molecule has 1 fully saturated rings. The Labute approximate surface area is 180 Å². The minimum atomic E-state index is -0.198. The number of hydrogen-bond acceptors (Lipinski definition) is 4. The molecule has 7 heteroatoms. The van der Waals surface area contributed by atoms with Gasteiger partial charge >= 0.3 is 0 Å². The van der Waals surface area contributed by atoms with Crippen molar-refractivity contribution in [2.75, 3.05) is 13.1 Å². The summed E-state index contributed by atoms with van der Waals surface area (Å²) in [5, 5.41) is 3.92. The van der Waals surface area contributed by atoms with Crippen LogP contribution in [0.2, 0.25) is 0 Å². The van der Waals surface area contributed by atoms with E-state index in [1.54, 1.807) is 21.7 Å². The predicted octanol–water partition coefficient (Wildman–Crippen LogP) is 2.18. The molecule has 0 spiro atoms. The van der Waals surface area contributed by atoms with Gasteiger partial charge in [-0.3, -0.25) is 19.4 Å². The molecule has 0 aliphatic carbocycles. The first-order valence-electron chi connectivity index (χ1n) is 10.5. The molecule has 160 valence electrons. The fourth-order valence-electron chi connectivity index (χ4n) is 3.96. The molecule has 3 heterocycles. The van der Waals surface area contributed by atoms with Crippen LogP contribution < -0.4 is 10.9 Å². The topological polar surface area (TPSA) is 84.3 Å². The number of amides is 2. The van der Waals surface area contributed by atoms with Gasteiger partial charge in [-0.25, -0.2) is 0 Å². The van der Waals surface area contributed by atoms with Crippen LogP contribution in [0.3, 0.4) is 0 Å². The van der Waals surface area contributed by atoms with Gasteiger partial charge in [-0.05, 0) is 37.1 Å². The van der Waals surface area contributed by atoms with Crippen LogP contribution in [-0.2, 0) is 22.7 Å². The summed E-state index contributed by atoms with van der Waals surface area (Å²) in [4.78, 5) is 43.3. The fraction of sp³-hybridized carbons (Fsp3) is 0.333. The molecule has 0 unspecified atom stereocenters. The Kier molecular flexibility index (Phi) is 5.84. The number of carbonyl (C=O) groups excluding carboxylic acids is 2. The minimum Gasteiger partial charge on any atom is -0.350 e.